The highest BCUT2D eigenvalue weighted by atomic mass is 16.5. The van der Waals surface area contributed by atoms with Gasteiger partial charge in [-0.3, -0.25) is 4.79 Å². The molecule has 1 atom stereocenters. The smallest absolute Gasteiger partial charge is 0.251 e. The highest BCUT2D eigenvalue weighted by Crippen LogP contribution is 2.38. The van der Waals surface area contributed by atoms with Crippen LogP contribution in [0.1, 0.15) is 17.3 Å². The van der Waals surface area contributed by atoms with Crippen LogP contribution in [0.4, 0.5) is 0 Å². The Balaban J connectivity index is 3.05. The summed E-state index contributed by atoms with van der Waals surface area (Å²) in [5.41, 5.74) is 0.371. The first-order valence-electron chi connectivity index (χ1n) is 5.79. The lowest BCUT2D eigenvalue weighted by molar-refractivity contribution is 0.0923. The van der Waals surface area contributed by atoms with E-state index in [-0.39, 0.29) is 12.5 Å². The van der Waals surface area contributed by atoms with Crippen molar-refractivity contribution in [2.45, 2.75) is 13.0 Å². The SMILES string of the molecule is COc1cc(C(=O)NCC(C)O)cc(OC)c1OC. The Morgan fingerprint density at radius 3 is 2.11 bits per heavy atom. The van der Waals surface area contributed by atoms with Gasteiger partial charge >= 0.3 is 0 Å². The van der Waals surface area contributed by atoms with Gasteiger partial charge in [-0.1, -0.05) is 0 Å². The lowest BCUT2D eigenvalue weighted by Crippen LogP contribution is -2.30. The van der Waals surface area contributed by atoms with Crippen LogP contribution in [0.2, 0.25) is 0 Å². The molecule has 0 fully saturated rings. The number of aliphatic hydroxyl groups excluding tert-OH is 1. The van der Waals surface area contributed by atoms with Gasteiger partial charge in [0.05, 0.1) is 27.4 Å². The molecule has 6 nitrogen and oxygen atoms in total. The third-order valence-corrected chi connectivity index (χ3v) is 2.48. The number of carbonyl (C=O) groups excluding carboxylic acids is 1. The molecular formula is C13H19NO5. The van der Waals surface area contributed by atoms with Crippen molar-refractivity contribution in [2.75, 3.05) is 27.9 Å². The van der Waals surface area contributed by atoms with Gasteiger partial charge in [0.2, 0.25) is 5.75 Å². The summed E-state index contributed by atoms with van der Waals surface area (Å²) in [4.78, 5) is 11.9. The maximum absolute atomic E-state index is 11.9. The molecule has 0 aromatic heterocycles. The Hall–Kier alpha value is -1.95. The molecule has 0 bridgehead atoms. The molecule has 0 aliphatic rings. The maximum Gasteiger partial charge on any atom is 0.251 e. The average Bonchev–Trinajstić information content (AvgIpc) is 2.42. The second kappa shape index (κ2) is 6.84. The Kier molecular flexibility index (Phi) is 5.44. The van der Waals surface area contributed by atoms with Crippen LogP contribution in [0.25, 0.3) is 0 Å². The van der Waals surface area contributed by atoms with Gasteiger partial charge < -0.3 is 24.6 Å². The lowest BCUT2D eigenvalue weighted by Gasteiger charge is -2.14. The fourth-order valence-corrected chi connectivity index (χ4v) is 1.55. The quantitative estimate of drug-likeness (QED) is 0.799. The molecule has 0 spiro atoms. The monoisotopic (exact) mass is 269 g/mol. The van der Waals surface area contributed by atoms with Crippen LogP contribution in [-0.4, -0.2) is 45.0 Å². The topological polar surface area (TPSA) is 77.0 Å². The largest absolute Gasteiger partial charge is 0.493 e. The average molecular weight is 269 g/mol. The minimum absolute atomic E-state index is 0.176. The highest BCUT2D eigenvalue weighted by Gasteiger charge is 2.16. The Bertz CT molecular complexity index is 420. The zero-order chi connectivity index (χ0) is 14.4. The van der Waals surface area contributed by atoms with Crippen molar-refractivity contribution in [3.05, 3.63) is 17.7 Å². The fraction of sp³-hybridized carbons (Fsp3) is 0.462. The van der Waals surface area contributed by atoms with Crippen molar-refractivity contribution in [3.63, 3.8) is 0 Å². The fourth-order valence-electron chi connectivity index (χ4n) is 1.55. The second-order valence-corrected chi connectivity index (χ2v) is 3.97. The predicted molar refractivity (Wildman–Crippen MR) is 70.1 cm³/mol. The van der Waals surface area contributed by atoms with Gasteiger partial charge in [0.1, 0.15) is 0 Å². The van der Waals surface area contributed by atoms with E-state index in [1.54, 1.807) is 19.1 Å². The van der Waals surface area contributed by atoms with Crippen molar-refractivity contribution in [1.29, 1.82) is 0 Å². The molecule has 1 unspecified atom stereocenters. The van der Waals surface area contributed by atoms with Gasteiger partial charge in [-0.05, 0) is 19.1 Å². The van der Waals surface area contributed by atoms with Gasteiger partial charge in [-0.15, -0.1) is 0 Å². The predicted octanol–water partition coefficient (Wildman–Crippen LogP) is 0.823. The maximum atomic E-state index is 11.9. The third-order valence-electron chi connectivity index (χ3n) is 2.48. The van der Waals surface area contributed by atoms with Crippen LogP contribution < -0.4 is 19.5 Å². The van der Waals surface area contributed by atoms with E-state index >= 15 is 0 Å². The van der Waals surface area contributed by atoms with E-state index in [1.165, 1.54) is 21.3 Å². The van der Waals surface area contributed by atoms with E-state index in [2.05, 4.69) is 5.32 Å². The summed E-state index contributed by atoms with van der Waals surface area (Å²) >= 11 is 0. The van der Waals surface area contributed by atoms with E-state index in [9.17, 15) is 4.79 Å². The molecule has 0 aliphatic carbocycles. The molecule has 0 saturated carbocycles. The molecule has 0 heterocycles. The van der Waals surface area contributed by atoms with Gasteiger partial charge in [-0.2, -0.15) is 0 Å². The summed E-state index contributed by atoms with van der Waals surface area (Å²) in [6, 6.07) is 3.11. The molecular weight excluding hydrogens is 250 g/mol. The van der Waals surface area contributed by atoms with Crippen molar-refractivity contribution in [2.24, 2.45) is 0 Å². The Labute approximate surface area is 112 Å². The molecule has 2 N–H and O–H groups in total. The minimum Gasteiger partial charge on any atom is -0.493 e. The number of methoxy groups -OCH3 is 3. The van der Waals surface area contributed by atoms with E-state index in [0.717, 1.165) is 0 Å². The summed E-state index contributed by atoms with van der Waals surface area (Å²) in [6.45, 7) is 1.77. The number of amides is 1. The molecule has 0 aliphatic heterocycles. The summed E-state index contributed by atoms with van der Waals surface area (Å²) in [5.74, 6) is 0.922. The normalized spacial score (nSPS) is 11.6. The van der Waals surface area contributed by atoms with E-state index < -0.39 is 6.10 Å². The Morgan fingerprint density at radius 2 is 1.74 bits per heavy atom. The minimum atomic E-state index is -0.606. The van der Waals surface area contributed by atoms with E-state index in [1.807, 2.05) is 0 Å². The van der Waals surface area contributed by atoms with Crippen LogP contribution >= 0.6 is 0 Å². The first-order valence-corrected chi connectivity index (χ1v) is 5.79. The molecule has 1 aromatic rings. The number of nitrogens with one attached hydrogen (secondary N) is 1. The number of hydrogen-bond acceptors (Lipinski definition) is 5. The van der Waals surface area contributed by atoms with Crippen molar-refractivity contribution in [3.8, 4) is 17.2 Å². The van der Waals surface area contributed by atoms with Gasteiger partial charge in [-0.25, -0.2) is 0 Å². The molecule has 6 heteroatoms. The third kappa shape index (κ3) is 3.75. The second-order valence-electron chi connectivity index (χ2n) is 3.97. The summed E-state index contributed by atoms with van der Waals surface area (Å²) in [6.07, 6.45) is -0.606. The number of benzene rings is 1. The van der Waals surface area contributed by atoms with Crippen LogP contribution in [0.5, 0.6) is 17.2 Å². The molecule has 1 amide bonds. The van der Waals surface area contributed by atoms with Gasteiger partial charge in [0.15, 0.2) is 11.5 Å². The number of rotatable bonds is 6. The summed E-state index contributed by atoms with van der Waals surface area (Å²) in [5, 5.41) is 11.7. The molecule has 1 rings (SSSR count). The number of aliphatic hydroxyl groups is 1. The molecule has 0 radical (unpaired) electrons. The van der Waals surface area contributed by atoms with Crippen LogP contribution in [-0.2, 0) is 0 Å². The zero-order valence-corrected chi connectivity index (χ0v) is 11.5. The van der Waals surface area contributed by atoms with Gasteiger partial charge in [0.25, 0.3) is 5.91 Å². The van der Waals surface area contributed by atoms with E-state index in [0.29, 0.717) is 22.8 Å². The molecule has 1 aromatic carbocycles. The van der Waals surface area contributed by atoms with Crippen molar-refractivity contribution in [1.82, 2.24) is 5.32 Å². The standard InChI is InChI=1S/C13H19NO5/c1-8(15)7-14-13(16)9-5-10(17-2)12(19-4)11(6-9)18-3/h5-6,8,15H,7H2,1-4H3,(H,14,16). The summed E-state index contributed by atoms with van der Waals surface area (Å²) in [7, 11) is 4.46. The van der Waals surface area contributed by atoms with Crippen LogP contribution in [0, 0.1) is 0 Å². The van der Waals surface area contributed by atoms with Crippen LogP contribution in [0.15, 0.2) is 12.1 Å². The van der Waals surface area contributed by atoms with Crippen molar-refractivity contribution >= 4 is 5.91 Å². The molecule has 19 heavy (non-hydrogen) atoms. The number of ether oxygens (including phenoxy) is 3. The first-order chi connectivity index (χ1) is 9.03. The Morgan fingerprint density at radius 1 is 1.21 bits per heavy atom. The highest BCUT2D eigenvalue weighted by molar-refractivity contribution is 5.95. The van der Waals surface area contributed by atoms with Crippen LogP contribution in [0.3, 0.4) is 0 Å². The number of hydrogen-bond donors (Lipinski definition) is 2. The van der Waals surface area contributed by atoms with Crippen molar-refractivity contribution < 1.29 is 24.1 Å². The zero-order valence-electron chi connectivity index (χ0n) is 11.5. The summed E-state index contributed by atoms with van der Waals surface area (Å²) < 4.78 is 15.5. The molecule has 0 saturated heterocycles. The first kappa shape index (κ1) is 15.1. The lowest BCUT2D eigenvalue weighted by atomic mass is 10.1. The van der Waals surface area contributed by atoms with E-state index in [4.69, 9.17) is 19.3 Å². The number of carbonyl (C=O) groups is 1. The van der Waals surface area contributed by atoms with Gasteiger partial charge in [0, 0.05) is 12.1 Å². The molecule has 106 valence electrons.